The van der Waals surface area contributed by atoms with E-state index in [-0.39, 0.29) is 6.10 Å². The summed E-state index contributed by atoms with van der Waals surface area (Å²) in [4.78, 5) is 15.9. The summed E-state index contributed by atoms with van der Waals surface area (Å²) in [5.41, 5.74) is 6.25. The number of fused-ring (bicyclic) bond motifs is 1. The Balaban J connectivity index is 1.47. The van der Waals surface area contributed by atoms with Gasteiger partial charge in [0.05, 0.1) is 22.2 Å². The molecule has 0 spiro atoms. The summed E-state index contributed by atoms with van der Waals surface area (Å²) < 4.78 is 12.4. The van der Waals surface area contributed by atoms with Gasteiger partial charge in [-0.15, -0.1) is 0 Å². The fourth-order valence-corrected chi connectivity index (χ4v) is 5.59. The lowest BCUT2D eigenvalue weighted by Crippen LogP contribution is -2.05. The fourth-order valence-electron chi connectivity index (χ4n) is 4.87. The molecule has 1 atom stereocenters. The van der Waals surface area contributed by atoms with Crippen molar-refractivity contribution in [1.82, 2.24) is 4.98 Å². The first-order chi connectivity index (χ1) is 19.0. The molecule has 1 aliphatic carbocycles. The standard InChI is InChI=1S/C31H23BrCl2N2O3/c32-10-3-11-38-29-7-2-6-25(31(29)34)22-4-1-5-24-23(22)8-9-28(24)39-30-14-26(21(18-37)13-27(30)33)20-12-19(15-35)16-36-17-20/h1-2,4-7,12-14,16-18,28H,3,8-11H2/t28-/m0/s1. The van der Waals surface area contributed by atoms with Gasteiger partial charge in [-0.2, -0.15) is 5.26 Å². The number of carbonyl (C=O) groups excluding carboxylic acids is 1. The Morgan fingerprint density at radius 2 is 1.87 bits per heavy atom. The van der Waals surface area contributed by atoms with Gasteiger partial charge in [-0.05, 0) is 65.8 Å². The van der Waals surface area contributed by atoms with E-state index >= 15 is 0 Å². The summed E-state index contributed by atoms with van der Waals surface area (Å²) in [6, 6.07) is 19.1. The second-order valence-corrected chi connectivity index (χ2v) is 10.7. The maximum absolute atomic E-state index is 11.8. The van der Waals surface area contributed by atoms with Crippen LogP contribution in [-0.4, -0.2) is 23.2 Å². The van der Waals surface area contributed by atoms with Gasteiger partial charge in [0.1, 0.15) is 23.7 Å². The van der Waals surface area contributed by atoms with Crippen LogP contribution in [0, 0.1) is 11.3 Å². The first-order valence-electron chi connectivity index (χ1n) is 12.4. The number of nitriles is 1. The summed E-state index contributed by atoms with van der Waals surface area (Å²) in [6.07, 6.45) is 6.06. The highest BCUT2D eigenvalue weighted by atomic mass is 79.9. The predicted molar refractivity (Wildman–Crippen MR) is 157 cm³/mol. The first kappa shape index (κ1) is 27.2. The minimum atomic E-state index is -0.229. The summed E-state index contributed by atoms with van der Waals surface area (Å²) in [7, 11) is 0. The van der Waals surface area contributed by atoms with Crippen molar-refractivity contribution in [2.24, 2.45) is 0 Å². The maximum Gasteiger partial charge on any atom is 0.150 e. The number of aldehydes is 1. The number of aromatic nitrogens is 1. The minimum absolute atomic E-state index is 0.229. The van der Waals surface area contributed by atoms with Crippen molar-refractivity contribution in [2.75, 3.05) is 11.9 Å². The molecule has 3 aromatic carbocycles. The second-order valence-electron chi connectivity index (χ2n) is 9.09. The lowest BCUT2D eigenvalue weighted by Gasteiger charge is -2.19. The molecule has 196 valence electrons. The molecule has 0 aliphatic heterocycles. The van der Waals surface area contributed by atoms with E-state index < -0.39 is 0 Å². The number of rotatable bonds is 9. The molecule has 1 aliphatic rings. The molecule has 1 aromatic heterocycles. The number of benzene rings is 3. The Bertz CT molecular complexity index is 1590. The van der Waals surface area contributed by atoms with Crippen LogP contribution in [0.2, 0.25) is 10.0 Å². The Labute approximate surface area is 245 Å². The largest absolute Gasteiger partial charge is 0.492 e. The van der Waals surface area contributed by atoms with Gasteiger partial charge in [-0.3, -0.25) is 9.78 Å². The van der Waals surface area contributed by atoms with E-state index in [1.54, 1.807) is 24.4 Å². The van der Waals surface area contributed by atoms with Crippen molar-refractivity contribution >= 4 is 45.4 Å². The van der Waals surface area contributed by atoms with Gasteiger partial charge in [0.2, 0.25) is 0 Å². The number of pyridine rings is 1. The Hall–Kier alpha value is -3.37. The first-order valence-corrected chi connectivity index (χ1v) is 14.3. The van der Waals surface area contributed by atoms with Gasteiger partial charge < -0.3 is 9.47 Å². The molecule has 0 N–H and O–H groups in total. The molecule has 5 nitrogen and oxygen atoms in total. The topological polar surface area (TPSA) is 72.2 Å². The van der Waals surface area contributed by atoms with Crippen molar-refractivity contribution in [1.29, 1.82) is 5.26 Å². The number of carbonyl (C=O) groups is 1. The Kier molecular flexibility index (Phi) is 8.52. The van der Waals surface area contributed by atoms with E-state index in [2.05, 4.69) is 39.1 Å². The normalized spacial score (nSPS) is 13.9. The number of ether oxygens (including phenoxy) is 2. The summed E-state index contributed by atoms with van der Waals surface area (Å²) in [5, 5.41) is 11.1. The van der Waals surface area contributed by atoms with Crippen LogP contribution in [0.3, 0.4) is 0 Å². The van der Waals surface area contributed by atoms with Crippen molar-refractivity contribution in [2.45, 2.75) is 25.4 Å². The molecule has 0 amide bonds. The van der Waals surface area contributed by atoms with Crippen LogP contribution in [0.1, 0.15) is 46.0 Å². The zero-order valence-corrected chi connectivity index (χ0v) is 23.9. The molecule has 0 saturated carbocycles. The van der Waals surface area contributed by atoms with Gasteiger partial charge in [0, 0.05) is 34.4 Å². The zero-order chi connectivity index (χ0) is 27.4. The fraction of sp³-hybridized carbons (Fsp3) is 0.194. The van der Waals surface area contributed by atoms with Crippen molar-refractivity contribution in [3.8, 4) is 39.8 Å². The summed E-state index contributed by atoms with van der Waals surface area (Å²) in [5.74, 6) is 1.13. The Morgan fingerprint density at radius 1 is 1.05 bits per heavy atom. The van der Waals surface area contributed by atoms with Crippen LogP contribution < -0.4 is 9.47 Å². The third-order valence-electron chi connectivity index (χ3n) is 6.68. The van der Waals surface area contributed by atoms with Crippen LogP contribution in [0.4, 0.5) is 0 Å². The van der Waals surface area contributed by atoms with Crippen LogP contribution in [0.25, 0.3) is 22.3 Å². The van der Waals surface area contributed by atoms with E-state index in [4.69, 9.17) is 32.7 Å². The summed E-state index contributed by atoms with van der Waals surface area (Å²) in [6.45, 7) is 0.583. The SMILES string of the molecule is N#Cc1cncc(-c2cc(O[C@H]3CCc4c(-c5cccc(OCCCBr)c5Cl)cccc43)c(Cl)cc2C=O)c1. The zero-order valence-electron chi connectivity index (χ0n) is 20.8. The quantitative estimate of drug-likeness (QED) is 0.106. The van der Waals surface area contributed by atoms with Gasteiger partial charge in [0.25, 0.3) is 0 Å². The predicted octanol–water partition coefficient (Wildman–Crippen LogP) is 8.64. The molecule has 0 bridgehead atoms. The third-order valence-corrected chi connectivity index (χ3v) is 7.93. The highest BCUT2D eigenvalue weighted by Crippen LogP contribution is 2.45. The molecular weight excluding hydrogens is 599 g/mol. The molecule has 0 fully saturated rings. The highest BCUT2D eigenvalue weighted by molar-refractivity contribution is 9.09. The lowest BCUT2D eigenvalue weighted by atomic mass is 9.96. The van der Waals surface area contributed by atoms with Crippen LogP contribution >= 0.6 is 39.1 Å². The molecule has 0 radical (unpaired) electrons. The van der Waals surface area contributed by atoms with Crippen molar-refractivity contribution in [3.63, 3.8) is 0 Å². The minimum Gasteiger partial charge on any atom is -0.492 e. The summed E-state index contributed by atoms with van der Waals surface area (Å²) >= 11 is 16.8. The average Bonchev–Trinajstić information content (AvgIpc) is 3.38. The molecular formula is C31H23BrCl2N2O3. The van der Waals surface area contributed by atoms with Gasteiger partial charge in [0.15, 0.2) is 6.29 Å². The van der Waals surface area contributed by atoms with E-state index in [0.717, 1.165) is 47.6 Å². The van der Waals surface area contributed by atoms with E-state index in [1.165, 1.54) is 11.8 Å². The van der Waals surface area contributed by atoms with Gasteiger partial charge in [-0.25, -0.2) is 0 Å². The number of hydrogen-bond donors (Lipinski definition) is 0. The lowest BCUT2D eigenvalue weighted by molar-refractivity contribution is 0.112. The molecule has 39 heavy (non-hydrogen) atoms. The molecule has 5 rings (SSSR count). The maximum atomic E-state index is 11.8. The third kappa shape index (κ3) is 5.67. The molecule has 1 heterocycles. The number of halogens is 3. The van der Waals surface area contributed by atoms with Gasteiger partial charge >= 0.3 is 0 Å². The molecule has 8 heteroatoms. The molecule has 0 unspecified atom stereocenters. The highest BCUT2D eigenvalue weighted by Gasteiger charge is 2.28. The molecule has 0 saturated heterocycles. The van der Waals surface area contributed by atoms with E-state index in [1.807, 2.05) is 24.3 Å². The van der Waals surface area contributed by atoms with Crippen LogP contribution in [0.15, 0.2) is 67.0 Å². The van der Waals surface area contributed by atoms with Crippen molar-refractivity contribution < 1.29 is 14.3 Å². The Morgan fingerprint density at radius 3 is 2.67 bits per heavy atom. The number of hydrogen-bond acceptors (Lipinski definition) is 5. The monoisotopic (exact) mass is 620 g/mol. The number of alkyl halides is 1. The average molecular weight is 622 g/mol. The number of nitrogens with zero attached hydrogens (tertiary/aromatic N) is 2. The van der Waals surface area contributed by atoms with Crippen molar-refractivity contribution in [3.05, 3.63) is 99.3 Å². The second kappa shape index (κ2) is 12.2. The van der Waals surface area contributed by atoms with Crippen LogP contribution in [-0.2, 0) is 6.42 Å². The van der Waals surface area contributed by atoms with E-state index in [0.29, 0.717) is 50.4 Å². The smallest absolute Gasteiger partial charge is 0.150 e. The molecule has 4 aromatic rings. The van der Waals surface area contributed by atoms with Gasteiger partial charge in [-0.1, -0.05) is 69.5 Å². The van der Waals surface area contributed by atoms with E-state index in [9.17, 15) is 10.1 Å². The van der Waals surface area contributed by atoms with Crippen LogP contribution in [0.5, 0.6) is 11.5 Å².